The normalized spacial score (nSPS) is 20.4. The van der Waals surface area contributed by atoms with Crippen LogP contribution < -0.4 is 15.0 Å². The van der Waals surface area contributed by atoms with Gasteiger partial charge in [0, 0.05) is 68.3 Å². The molecule has 6 rings (SSSR count). The van der Waals surface area contributed by atoms with Crippen LogP contribution in [0.1, 0.15) is 25.7 Å². The van der Waals surface area contributed by atoms with Crippen molar-refractivity contribution in [3.05, 3.63) is 55.1 Å². The molecule has 3 aromatic heterocycles. The average Bonchev–Trinajstić information content (AvgIpc) is 3.36. The van der Waals surface area contributed by atoms with E-state index >= 15 is 0 Å². The van der Waals surface area contributed by atoms with Gasteiger partial charge in [0.25, 0.3) is 0 Å². The first kappa shape index (κ1) is 22.7. The van der Waals surface area contributed by atoms with Crippen LogP contribution in [-0.4, -0.2) is 63.2 Å². The molecule has 9 nitrogen and oxygen atoms in total. The number of pyridine rings is 1. The predicted molar refractivity (Wildman–Crippen MR) is 139 cm³/mol. The lowest BCUT2D eigenvalue weighted by Crippen LogP contribution is -2.36. The summed E-state index contributed by atoms with van der Waals surface area (Å²) in [6.45, 7) is 3.23. The number of rotatable bonds is 6. The fourth-order valence-electron chi connectivity index (χ4n) is 5.12. The van der Waals surface area contributed by atoms with Gasteiger partial charge < -0.3 is 19.7 Å². The fourth-order valence-corrected chi connectivity index (χ4v) is 5.12. The van der Waals surface area contributed by atoms with E-state index in [-0.39, 0.29) is 6.10 Å². The van der Waals surface area contributed by atoms with E-state index in [4.69, 9.17) is 9.47 Å². The zero-order valence-corrected chi connectivity index (χ0v) is 20.5. The molecular weight excluding hydrogens is 454 g/mol. The number of hydrogen-bond acceptors (Lipinski definition) is 8. The van der Waals surface area contributed by atoms with Gasteiger partial charge in [-0.1, -0.05) is 0 Å². The van der Waals surface area contributed by atoms with Gasteiger partial charge in [0.05, 0.1) is 30.5 Å². The van der Waals surface area contributed by atoms with Crippen molar-refractivity contribution >= 4 is 22.5 Å². The smallest absolute Gasteiger partial charge is 0.149 e. The van der Waals surface area contributed by atoms with E-state index < -0.39 is 0 Å². The Morgan fingerprint density at radius 1 is 0.944 bits per heavy atom. The highest BCUT2D eigenvalue weighted by atomic mass is 16.5. The second kappa shape index (κ2) is 10.1. The third-order valence-corrected chi connectivity index (χ3v) is 7.10. The van der Waals surface area contributed by atoms with Crippen molar-refractivity contribution < 1.29 is 9.47 Å². The van der Waals surface area contributed by atoms with Crippen LogP contribution >= 0.6 is 0 Å². The Bertz CT molecular complexity index is 1310. The molecular formula is C27H31N7O2. The fraction of sp³-hybridized carbons (Fsp3) is 0.407. The second-order valence-electron chi connectivity index (χ2n) is 9.48. The van der Waals surface area contributed by atoms with Gasteiger partial charge in [-0.2, -0.15) is 5.10 Å². The van der Waals surface area contributed by atoms with E-state index in [1.165, 1.54) is 0 Å². The van der Waals surface area contributed by atoms with Crippen LogP contribution in [0, 0.1) is 0 Å². The summed E-state index contributed by atoms with van der Waals surface area (Å²) in [5.41, 5.74) is 4.94. The molecule has 0 atom stereocenters. The number of fused-ring (bicyclic) bond motifs is 1. The summed E-state index contributed by atoms with van der Waals surface area (Å²) < 4.78 is 13.9. The molecule has 0 unspecified atom stereocenters. The summed E-state index contributed by atoms with van der Waals surface area (Å²) in [7, 11) is 1.94. The highest BCUT2D eigenvalue weighted by Gasteiger charge is 2.24. The largest absolute Gasteiger partial charge is 0.488 e. The molecule has 36 heavy (non-hydrogen) atoms. The van der Waals surface area contributed by atoms with Crippen LogP contribution in [-0.2, 0) is 11.8 Å². The molecule has 0 bridgehead atoms. The Balaban J connectivity index is 1.10. The van der Waals surface area contributed by atoms with Gasteiger partial charge in [-0.05, 0) is 49.9 Å². The molecule has 2 aliphatic rings. The monoisotopic (exact) mass is 485 g/mol. The minimum atomic E-state index is 0.161. The SMILES string of the molecule is Cn1nccc1-c1ccc(N[C@H]2CC[C@@H](Oc3cc(N4CCOCC4)cc4nccnc34)CC2)nc1. The second-order valence-corrected chi connectivity index (χ2v) is 9.48. The molecule has 1 aromatic carbocycles. The maximum absolute atomic E-state index is 6.55. The lowest BCUT2D eigenvalue weighted by Gasteiger charge is -2.31. The third-order valence-electron chi connectivity index (χ3n) is 7.10. The van der Waals surface area contributed by atoms with Crippen LogP contribution in [0.15, 0.2) is 55.1 Å². The lowest BCUT2D eigenvalue weighted by atomic mass is 9.93. The highest BCUT2D eigenvalue weighted by Crippen LogP contribution is 2.33. The van der Waals surface area contributed by atoms with E-state index in [0.717, 1.165) is 91.5 Å². The Kier molecular flexibility index (Phi) is 6.38. The molecule has 2 fully saturated rings. The average molecular weight is 486 g/mol. The van der Waals surface area contributed by atoms with E-state index in [9.17, 15) is 0 Å². The molecule has 0 spiro atoms. The first-order valence-electron chi connectivity index (χ1n) is 12.7. The van der Waals surface area contributed by atoms with Crippen LogP contribution in [0.2, 0.25) is 0 Å². The van der Waals surface area contributed by atoms with Gasteiger partial charge in [0.1, 0.15) is 17.1 Å². The zero-order valence-electron chi connectivity index (χ0n) is 20.5. The van der Waals surface area contributed by atoms with E-state index in [0.29, 0.717) is 6.04 Å². The maximum Gasteiger partial charge on any atom is 0.149 e. The highest BCUT2D eigenvalue weighted by molar-refractivity contribution is 5.85. The zero-order chi connectivity index (χ0) is 24.3. The van der Waals surface area contributed by atoms with Crippen LogP contribution in [0.5, 0.6) is 5.75 Å². The first-order valence-corrected chi connectivity index (χ1v) is 12.7. The van der Waals surface area contributed by atoms with Crippen molar-refractivity contribution in [2.24, 2.45) is 7.05 Å². The summed E-state index contributed by atoms with van der Waals surface area (Å²) >= 11 is 0. The summed E-state index contributed by atoms with van der Waals surface area (Å²) in [5, 5.41) is 7.84. The van der Waals surface area contributed by atoms with Gasteiger partial charge in [0.15, 0.2) is 0 Å². The molecule has 9 heteroatoms. The number of anilines is 2. The number of nitrogens with one attached hydrogen (secondary N) is 1. The molecule has 1 aliphatic heterocycles. The lowest BCUT2D eigenvalue weighted by molar-refractivity contribution is 0.122. The van der Waals surface area contributed by atoms with Crippen LogP contribution in [0.3, 0.4) is 0 Å². The number of morpholine rings is 1. The molecule has 0 radical (unpaired) electrons. The number of aryl methyl sites for hydroxylation is 1. The number of ether oxygens (including phenoxy) is 2. The van der Waals surface area contributed by atoms with E-state index in [1.54, 1.807) is 18.6 Å². The minimum absolute atomic E-state index is 0.161. The Morgan fingerprint density at radius 2 is 1.78 bits per heavy atom. The maximum atomic E-state index is 6.55. The molecule has 186 valence electrons. The molecule has 1 N–H and O–H groups in total. The van der Waals surface area contributed by atoms with E-state index in [2.05, 4.69) is 48.5 Å². The van der Waals surface area contributed by atoms with Gasteiger partial charge in [-0.25, -0.2) is 9.97 Å². The molecule has 4 aromatic rings. The van der Waals surface area contributed by atoms with E-state index in [1.807, 2.05) is 30.1 Å². The van der Waals surface area contributed by atoms with Crippen molar-refractivity contribution in [2.75, 3.05) is 36.5 Å². The topological polar surface area (TPSA) is 90.2 Å². The predicted octanol–water partition coefficient (Wildman–Crippen LogP) is 4.06. The quantitative estimate of drug-likeness (QED) is 0.437. The van der Waals surface area contributed by atoms with Crippen molar-refractivity contribution in [1.82, 2.24) is 24.7 Å². The number of benzene rings is 1. The van der Waals surface area contributed by atoms with Gasteiger partial charge >= 0.3 is 0 Å². The Hall–Kier alpha value is -3.72. The van der Waals surface area contributed by atoms with Crippen LogP contribution in [0.4, 0.5) is 11.5 Å². The van der Waals surface area contributed by atoms with Crippen LogP contribution in [0.25, 0.3) is 22.3 Å². The standard InChI is InChI=1S/C27H31N7O2/c1-33-24(8-9-31-33)19-2-7-26(30-18-19)32-20-3-5-22(6-4-20)36-25-17-21(34-12-14-35-15-13-34)16-23-27(25)29-11-10-28-23/h2,7-11,16-18,20,22H,3-6,12-15H2,1H3,(H,30,32)/t20-,22+. The summed E-state index contributed by atoms with van der Waals surface area (Å²) in [6.07, 6.45) is 11.4. The number of hydrogen-bond donors (Lipinski definition) is 1. The van der Waals surface area contributed by atoms with Crippen molar-refractivity contribution in [1.29, 1.82) is 0 Å². The van der Waals surface area contributed by atoms with Gasteiger partial charge in [0.2, 0.25) is 0 Å². The molecule has 1 aliphatic carbocycles. The number of aromatic nitrogens is 5. The summed E-state index contributed by atoms with van der Waals surface area (Å²) in [4.78, 5) is 16.1. The summed E-state index contributed by atoms with van der Waals surface area (Å²) in [5.74, 6) is 1.73. The minimum Gasteiger partial charge on any atom is -0.488 e. The Morgan fingerprint density at radius 3 is 2.53 bits per heavy atom. The third kappa shape index (κ3) is 4.83. The summed E-state index contributed by atoms with van der Waals surface area (Å²) in [6, 6.07) is 10.8. The van der Waals surface area contributed by atoms with Crippen molar-refractivity contribution in [3.63, 3.8) is 0 Å². The number of nitrogens with zero attached hydrogens (tertiary/aromatic N) is 6. The molecule has 1 saturated heterocycles. The Labute approximate surface area is 210 Å². The van der Waals surface area contributed by atoms with Gasteiger partial charge in [-0.3, -0.25) is 9.67 Å². The van der Waals surface area contributed by atoms with Crippen molar-refractivity contribution in [2.45, 2.75) is 37.8 Å². The first-order chi connectivity index (χ1) is 17.7. The molecule has 1 saturated carbocycles. The molecule has 4 heterocycles. The molecule has 0 amide bonds. The van der Waals surface area contributed by atoms with Gasteiger partial charge in [-0.15, -0.1) is 0 Å². The van der Waals surface area contributed by atoms with Crippen molar-refractivity contribution in [3.8, 4) is 17.0 Å².